The van der Waals surface area contributed by atoms with Crippen molar-refractivity contribution in [2.24, 2.45) is 5.41 Å². The van der Waals surface area contributed by atoms with Crippen LogP contribution in [0, 0.1) is 5.41 Å². The fourth-order valence-corrected chi connectivity index (χ4v) is 3.43. The summed E-state index contributed by atoms with van der Waals surface area (Å²) >= 11 is 0. The number of hydrogen-bond donors (Lipinski definition) is 1. The molecule has 2 heteroatoms. The second kappa shape index (κ2) is 3.63. The maximum Gasteiger partial charge on any atom is 0.0404 e. The van der Waals surface area contributed by atoms with Gasteiger partial charge in [0, 0.05) is 36.4 Å². The van der Waals surface area contributed by atoms with Gasteiger partial charge in [0.1, 0.15) is 0 Å². The average Bonchev–Trinajstić information content (AvgIpc) is 2.85. The molecule has 1 saturated heterocycles. The van der Waals surface area contributed by atoms with E-state index in [0.29, 0.717) is 17.5 Å². The molecule has 2 nitrogen and oxygen atoms in total. The lowest BCUT2D eigenvalue weighted by Crippen LogP contribution is -2.54. The molecule has 3 rings (SSSR count). The largest absolute Gasteiger partial charge is 0.351 e. The van der Waals surface area contributed by atoms with Gasteiger partial charge in [0.2, 0.25) is 0 Å². The molecule has 1 aliphatic carbocycles. The summed E-state index contributed by atoms with van der Waals surface area (Å²) in [7, 11) is 0. The number of nitrogens with zero attached hydrogens (tertiary/aromatic N) is 1. The molecule has 1 unspecified atom stereocenters. The van der Waals surface area contributed by atoms with Crippen molar-refractivity contribution in [2.75, 3.05) is 6.54 Å². The zero-order valence-electron chi connectivity index (χ0n) is 10.4. The van der Waals surface area contributed by atoms with E-state index in [9.17, 15) is 0 Å². The fourth-order valence-electron chi connectivity index (χ4n) is 3.43. The molecule has 1 spiro atoms. The molecule has 1 saturated carbocycles. The Morgan fingerprint density at radius 3 is 2.62 bits per heavy atom. The van der Waals surface area contributed by atoms with Gasteiger partial charge in [-0.15, -0.1) is 0 Å². The third kappa shape index (κ3) is 1.43. The number of rotatable bonds is 2. The van der Waals surface area contributed by atoms with Crippen LogP contribution in [0.15, 0.2) is 18.5 Å². The zero-order chi connectivity index (χ0) is 11.2. The Balaban J connectivity index is 1.81. The van der Waals surface area contributed by atoms with Gasteiger partial charge in [-0.25, -0.2) is 0 Å². The summed E-state index contributed by atoms with van der Waals surface area (Å²) in [5.41, 5.74) is 2.12. The standard InChI is InChI=1S/C14H22N2/c1-11(2)16-8-5-12(9-16)13-14(10-15-13)6-3-4-7-14/h5,8-9,11,13,15H,3-4,6-7,10H2,1-2H3. The molecule has 1 atom stereocenters. The summed E-state index contributed by atoms with van der Waals surface area (Å²) in [6.07, 6.45) is 10.3. The Morgan fingerprint density at radius 1 is 1.38 bits per heavy atom. The smallest absolute Gasteiger partial charge is 0.0404 e. The van der Waals surface area contributed by atoms with E-state index in [2.05, 4.69) is 42.2 Å². The van der Waals surface area contributed by atoms with E-state index in [-0.39, 0.29) is 0 Å². The molecule has 1 aromatic rings. The highest BCUT2D eigenvalue weighted by atomic mass is 15.1. The van der Waals surface area contributed by atoms with Crippen molar-refractivity contribution < 1.29 is 0 Å². The second-order valence-electron chi connectivity index (χ2n) is 5.87. The van der Waals surface area contributed by atoms with Crippen LogP contribution in [0.3, 0.4) is 0 Å². The highest BCUT2D eigenvalue weighted by Crippen LogP contribution is 2.52. The Hall–Kier alpha value is -0.760. The fraction of sp³-hybridized carbons (Fsp3) is 0.714. The third-order valence-corrected chi connectivity index (χ3v) is 4.54. The van der Waals surface area contributed by atoms with Gasteiger partial charge in [-0.3, -0.25) is 0 Å². The Bertz CT molecular complexity index is 372. The predicted molar refractivity (Wildman–Crippen MR) is 66.5 cm³/mol. The van der Waals surface area contributed by atoms with Gasteiger partial charge < -0.3 is 9.88 Å². The van der Waals surface area contributed by atoms with Crippen LogP contribution in [0.4, 0.5) is 0 Å². The first-order chi connectivity index (χ1) is 7.71. The summed E-state index contributed by atoms with van der Waals surface area (Å²) in [6.45, 7) is 5.72. The summed E-state index contributed by atoms with van der Waals surface area (Å²) < 4.78 is 2.32. The van der Waals surface area contributed by atoms with Crippen LogP contribution in [0.5, 0.6) is 0 Å². The molecule has 1 N–H and O–H groups in total. The van der Waals surface area contributed by atoms with Gasteiger partial charge in [0.15, 0.2) is 0 Å². The Labute approximate surface area is 98.0 Å². The predicted octanol–water partition coefficient (Wildman–Crippen LogP) is 3.27. The monoisotopic (exact) mass is 218 g/mol. The van der Waals surface area contributed by atoms with E-state index in [4.69, 9.17) is 0 Å². The molecule has 1 aromatic heterocycles. The first kappa shape index (κ1) is 10.4. The summed E-state index contributed by atoms with van der Waals surface area (Å²) in [5.74, 6) is 0. The minimum atomic E-state index is 0.577. The summed E-state index contributed by atoms with van der Waals surface area (Å²) in [4.78, 5) is 0. The van der Waals surface area contributed by atoms with E-state index in [1.807, 2.05) is 0 Å². The Kier molecular flexibility index (Phi) is 2.36. The van der Waals surface area contributed by atoms with E-state index in [0.717, 1.165) is 0 Å². The minimum Gasteiger partial charge on any atom is -0.351 e. The minimum absolute atomic E-state index is 0.577. The molecule has 16 heavy (non-hydrogen) atoms. The normalized spacial score (nSPS) is 27.6. The van der Waals surface area contributed by atoms with Crippen molar-refractivity contribution >= 4 is 0 Å². The van der Waals surface area contributed by atoms with Crippen LogP contribution in [-0.4, -0.2) is 11.1 Å². The van der Waals surface area contributed by atoms with Crippen molar-refractivity contribution in [3.05, 3.63) is 24.0 Å². The van der Waals surface area contributed by atoms with E-state index < -0.39 is 0 Å². The van der Waals surface area contributed by atoms with Crippen molar-refractivity contribution in [3.8, 4) is 0 Å². The lowest BCUT2D eigenvalue weighted by Gasteiger charge is -2.48. The zero-order valence-corrected chi connectivity index (χ0v) is 10.4. The molecule has 2 heterocycles. The van der Waals surface area contributed by atoms with Crippen LogP contribution in [-0.2, 0) is 0 Å². The second-order valence-corrected chi connectivity index (χ2v) is 5.87. The number of hydrogen-bond acceptors (Lipinski definition) is 1. The molecule has 88 valence electrons. The highest BCUT2D eigenvalue weighted by molar-refractivity contribution is 5.24. The van der Waals surface area contributed by atoms with E-state index >= 15 is 0 Å². The molecular weight excluding hydrogens is 196 g/mol. The van der Waals surface area contributed by atoms with Crippen molar-refractivity contribution in [1.29, 1.82) is 0 Å². The molecule has 0 aromatic carbocycles. The number of nitrogens with one attached hydrogen (secondary N) is 1. The van der Waals surface area contributed by atoms with E-state index in [1.165, 1.54) is 37.8 Å². The first-order valence-electron chi connectivity index (χ1n) is 6.62. The van der Waals surface area contributed by atoms with Crippen LogP contribution in [0.25, 0.3) is 0 Å². The molecule has 0 bridgehead atoms. The molecule has 1 aliphatic heterocycles. The highest BCUT2D eigenvalue weighted by Gasteiger charge is 2.48. The summed E-state index contributed by atoms with van der Waals surface area (Å²) in [6, 6.07) is 3.51. The van der Waals surface area contributed by atoms with E-state index in [1.54, 1.807) is 0 Å². The Morgan fingerprint density at radius 2 is 2.12 bits per heavy atom. The van der Waals surface area contributed by atoms with Gasteiger partial charge >= 0.3 is 0 Å². The van der Waals surface area contributed by atoms with Crippen molar-refractivity contribution in [3.63, 3.8) is 0 Å². The summed E-state index contributed by atoms with van der Waals surface area (Å²) in [5, 5.41) is 3.63. The lowest BCUT2D eigenvalue weighted by atomic mass is 9.70. The first-order valence-corrected chi connectivity index (χ1v) is 6.62. The maximum atomic E-state index is 3.63. The molecular formula is C14H22N2. The molecule has 0 radical (unpaired) electrons. The van der Waals surface area contributed by atoms with Gasteiger partial charge in [0.25, 0.3) is 0 Å². The van der Waals surface area contributed by atoms with Crippen molar-refractivity contribution in [1.82, 2.24) is 9.88 Å². The van der Waals surface area contributed by atoms with Crippen LogP contribution >= 0.6 is 0 Å². The SMILES string of the molecule is CC(C)n1ccc(C2NCC23CCCC3)c1. The molecule has 0 amide bonds. The van der Waals surface area contributed by atoms with Gasteiger partial charge in [0.05, 0.1) is 0 Å². The molecule has 2 fully saturated rings. The topological polar surface area (TPSA) is 17.0 Å². The lowest BCUT2D eigenvalue weighted by molar-refractivity contribution is 0.0894. The third-order valence-electron chi connectivity index (χ3n) is 4.54. The van der Waals surface area contributed by atoms with Crippen molar-refractivity contribution in [2.45, 2.75) is 51.6 Å². The van der Waals surface area contributed by atoms with Gasteiger partial charge in [-0.1, -0.05) is 12.8 Å². The van der Waals surface area contributed by atoms with Gasteiger partial charge in [-0.05, 0) is 38.3 Å². The number of aromatic nitrogens is 1. The maximum absolute atomic E-state index is 3.63. The average molecular weight is 218 g/mol. The van der Waals surface area contributed by atoms with Gasteiger partial charge in [-0.2, -0.15) is 0 Å². The van der Waals surface area contributed by atoms with Crippen LogP contribution in [0.2, 0.25) is 0 Å². The quantitative estimate of drug-likeness (QED) is 0.806. The van der Waals surface area contributed by atoms with Crippen LogP contribution in [0.1, 0.15) is 57.2 Å². The molecule has 2 aliphatic rings. The van der Waals surface area contributed by atoms with Crippen LogP contribution < -0.4 is 5.32 Å².